The molecule has 106 valence electrons. The van der Waals surface area contributed by atoms with Gasteiger partial charge in [-0.05, 0) is 49.2 Å². The van der Waals surface area contributed by atoms with E-state index in [0.29, 0.717) is 5.88 Å². The van der Waals surface area contributed by atoms with Crippen molar-refractivity contribution in [2.45, 2.75) is 19.4 Å². The van der Waals surface area contributed by atoms with Crippen LogP contribution in [0.2, 0.25) is 0 Å². The van der Waals surface area contributed by atoms with Crippen LogP contribution in [0.25, 0.3) is 0 Å². The van der Waals surface area contributed by atoms with Gasteiger partial charge < -0.3 is 10.1 Å². The molecule has 0 aliphatic rings. The Kier molecular flexibility index (Phi) is 4.69. The molecule has 0 spiro atoms. The van der Waals surface area contributed by atoms with Crippen LogP contribution in [0.5, 0.6) is 5.88 Å². The third-order valence-corrected chi connectivity index (χ3v) is 3.41. The normalized spacial score (nSPS) is 12.2. The fraction of sp³-hybridized carbons (Fsp3) is 0.312. The Morgan fingerprint density at radius 1 is 1.30 bits per heavy atom. The van der Waals surface area contributed by atoms with Crippen LogP contribution in [-0.4, -0.2) is 19.1 Å². The van der Waals surface area contributed by atoms with Gasteiger partial charge in [-0.1, -0.05) is 12.1 Å². The second kappa shape index (κ2) is 6.48. The molecule has 0 aliphatic carbocycles. The molecule has 0 aliphatic heterocycles. The first kappa shape index (κ1) is 14.5. The number of hydrogen-bond donors (Lipinski definition) is 1. The van der Waals surface area contributed by atoms with Gasteiger partial charge in [0.25, 0.3) is 0 Å². The highest BCUT2D eigenvalue weighted by Gasteiger charge is 2.13. The Morgan fingerprint density at radius 2 is 2.10 bits per heavy atom. The molecule has 0 fully saturated rings. The van der Waals surface area contributed by atoms with Crippen molar-refractivity contribution in [1.29, 1.82) is 0 Å². The molecule has 1 N–H and O–H groups in total. The lowest BCUT2D eigenvalue weighted by Crippen LogP contribution is -2.20. The van der Waals surface area contributed by atoms with Gasteiger partial charge in [-0.3, -0.25) is 0 Å². The van der Waals surface area contributed by atoms with Gasteiger partial charge in [-0.25, -0.2) is 9.37 Å². The Balaban J connectivity index is 2.21. The number of ether oxygens (including phenoxy) is 1. The van der Waals surface area contributed by atoms with Crippen LogP contribution in [0.4, 0.5) is 4.39 Å². The summed E-state index contributed by atoms with van der Waals surface area (Å²) in [5.41, 5.74) is 3.13. The third-order valence-electron chi connectivity index (χ3n) is 3.41. The van der Waals surface area contributed by atoms with Gasteiger partial charge in [0.15, 0.2) is 0 Å². The first-order chi connectivity index (χ1) is 9.63. The van der Waals surface area contributed by atoms with Gasteiger partial charge in [0.05, 0.1) is 7.11 Å². The van der Waals surface area contributed by atoms with Gasteiger partial charge in [-0.2, -0.15) is 0 Å². The molecule has 0 saturated heterocycles. The third kappa shape index (κ3) is 3.33. The lowest BCUT2D eigenvalue weighted by Gasteiger charge is -2.19. The van der Waals surface area contributed by atoms with Crippen molar-refractivity contribution >= 4 is 0 Å². The Bertz CT molecular complexity index is 569. The van der Waals surface area contributed by atoms with Crippen LogP contribution in [-0.2, 0) is 6.42 Å². The van der Waals surface area contributed by atoms with Gasteiger partial charge >= 0.3 is 0 Å². The maximum Gasteiger partial charge on any atom is 0.212 e. The highest BCUT2D eigenvalue weighted by molar-refractivity contribution is 5.31. The minimum Gasteiger partial charge on any atom is -0.481 e. The van der Waals surface area contributed by atoms with Gasteiger partial charge in [-0.15, -0.1) is 0 Å². The first-order valence-corrected chi connectivity index (χ1v) is 6.56. The number of benzene rings is 1. The van der Waals surface area contributed by atoms with Crippen LogP contribution in [0, 0.1) is 12.7 Å². The highest BCUT2D eigenvalue weighted by Crippen LogP contribution is 2.22. The van der Waals surface area contributed by atoms with Gasteiger partial charge in [0.2, 0.25) is 5.88 Å². The number of aryl methyl sites for hydroxylation is 1. The summed E-state index contributed by atoms with van der Waals surface area (Å²) in [4.78, 5) is 4.19. The largest absolute Gasteiger partial charge is 0.481 e. The molecule has 1 aromatic carbocycles. The summed E-state index contributed by atoms with van der Waals surface area (Å²) in [5, 5.41) is 3.24. The van der Waals surface area contributed by atoms with Crippen LogP contribution in [0.1, 0.15) is 22.7 Å². The van der Waals surface area contributed by atoms with Gasteiger partial charge in [0, 0.05) is 18.3 Å². The van der Waals surface area contributed by atoms with Crippen LogP contribution < -0.4 is 10.1 Å². The molecular formula is C16H19FN2O. The van der Waals surface area contributed by atoms with Crippen LogP contribution in [0.3, 0.4) is 0 Å². The quantitative estimate of drug-likeness (QED) is 0.910. The number of aromatic nitrogens is 1. The highest BCUT2D eigenvalue weighted by atomic mass is 19.1. The monoisotopic (exact) mass is 274 g/mol. The molecule has 2 aromatic rings. The predicted molar refractivity (Wildman–Crippen MR) is 77.4 cm³/mol. The Morgan fingerprint density at radius 3 is 2.70 bits per heavy atom. The van der Waals surface area contributed by atoms with Crippen molar-refractivity contribution in [3.05, 3.63) is 59.0 Å². The summed E-state index contributed by atoms with van der Waals surface area (Å²) in [6.07, 6.45) is 2.54. The minimum atomic E-state index is -0.210. The molecule has 3 nitrogen and oxygen atoms in total. The lowest BCUT2D eigenvalue weighted by molar-refractivity contribution is 0.397. The number of methoxy groups -OCH3 is 1. The summed E-state index contributed by atoms with van der Waals surface area (Å²) >= 11 is 0. The van der Waals surface area contributed by atoms with Crippen molar-refractivity contribution in [3.8, 4) is 5.88 Å². The van der Waals surface area contributed by atoms with Crippen LogP contribution >= 0.6 is 0 Å². The maximum atomic E-state index is 13.4. The number of halogens is 1. The second-order valence-electron chi connectivity index (χ2n) is 4.76. The molecule has 1 atom stereocenters. The number of nitrogens with one attached hydrogen (secondary N) is 1. The van der Waals surface area contributed by atoms with E-state index in [0.717, 1.165) is 23.1 Å². The SMILES string of the molecule is CNC(Cc1ccc(OC)nc1)c1cc(F)ccc1C. The predicted octanol–water partition coefficient (Wildman–Crippen LogP) is 3.04. The van der Waals surface area contributed by atoms with E-state index in [1.54, 1.807) is 25.4 Å². The molecule has 0 radical (unpaired) electrons. The average molecular weight is 274 g/mol. The zero-order valence-electron chi connectivity index (χ0n) is 12.0. The van der Waals surface area contributed by atoms with Crippen molar-refractivity contribution in [1.82, 2.24) is 10.3 Å². The molecule has 1 heterocycles. The maximum absolute atomic E-state index is 13.4. The number of nitrogens with zero attached hydrogens (tertiary/aromatic N) is 1. The van der Waals surface area contributed by atoms with E-state index in [-0.39, 0.29) is 11.9 Å². The van der Waals surface area contributed by atoms with E-state index in [1.807, 2.05) is 26.1 Å². The summed E-state index contributed by atoms with van der Waals surface area (Å²) in [6, 6.07) is 8.75. The second-order valence-corrected chi connectivity index (χ2v) is 4.76. The summed E-state index contributed by atoms with van der Waals surface area (Å²) in [6.45, 7) is 1.99. The molecule has 1 unspecified atom stereocenters. The van der Waals surface area contributed by atoms with Gasteiger partial charge in [0.1, 0.15) is 5.82 Å². The number of likely N-dealkylation sites (N-methyl/N-ethyl adjacent to an activating group) is 1. The molecule has 4 heteroatoms. The molecule has 1 aromatic heterocycles. The summed E-state index contributed by atoms with van der Waals surface area (Å²) in [7, 11) is 3.47. The minimum absolute atomic E-state index is 0.0564. The van der Waals surface area contributed by atoms with E-state index in [2.05, 4.69) is 10.3 Å². The number of hydrogen-bond acceptors (Lipinski definition) is 3. The molecule has 2 rings (SSSR count). The summed E-state index contributed by atoms with van der Waals surface area (Å²) in [5.74, 6) is 0.385. The average Bonchev–Trinajstić information content (AvgIpc) is 2.48. The standard InChI is InChI=1S/C16H19FN2O/c1-11-4-6-13(17)9-14(11)15(18-2)8-12-5-7-16(20-3)19-10-12/h4-7,9-10,15,18H,8H2,1-3H3. The van der Waals surface area contributed by atoms with E-state index >= 15 is 0 Å². The van der Waals surface area contributed by atoms with Crippen molar-refractivity contribution in [3.63, 3.8) is 0 Å². The molecule has 0 bridgehead atoms. The fourth-order valence-corrected chi connectivity index (χ4v) is 2.24. The van der Waals surface area contributed by atoms with Crippen molar-refractivity contribution in [2.75, 3.05) is 14.2 Å². The van der Waals surface area contributed by atoms with Crippen LogP contribution in [0.15, 0.2) is 36.5 Å². The van der Waals surface area contributed by atoms with E-state index < -0.39 is 0 Å². The number of pyridine rings is 1. The van der Waals surface area contributed by atoms with Crippen molar-refractivity contribution < 1.29 is 9.13 Å². The molecule has 20 heavy (non-hydrogen) atoms. The van der Waals surface area contributed by atoms with E-state index in [4.69, 9.17) is 4.74 Å². The van der Waals surface area contributed by atoms with Crippen molar-refractivity contribution in [2.24, 2.45) is 0 Å². The first-order valence-electron chi connectivity index (χ1n) is 6.56. The Labute approximate surface area is 118 Å². The van der Waals surface area contributed by atoms with E-state index in [1.165, 1.54) is 6.07 Å². The smallest absolute Gasteiger partial charge is 0.212 e. The molecular weight excluding hydrogens is 255 g/mol. The van der Waals surface area contributed by atoms with E-state index in [9.17, 15) is 4.39 Å². The lowest BCUT2D eigenvalue weighted by atomic mass is 9.96. The number of rotatable bonds is 5. The topological polar surface area (TPSA) is 34.1 Å². The summed E-state index contributed by atoms with van der Waals surface area (Å²) < 4.78 is 18.5. The Hall–Kier alpha value is -1.94. The fourth-order valence-electron chi connectivity index (χ4n) is 2.24. The zero-order valence-corrected chi connectivity index (χ0v) is 12.0. The zero-order chi connectivity index (χ0) is 14.5. The molecule has 0 saturated carbocycles. The molecule has 0 amide bonds.